The summed E-state index contributed by atoms with van der Waals surface area (Å²) < 4.78 is 5.97. The van der Waals surface area contributed by atoms with Crippen LogP contribution in [0.5, 0.6) is 0 Å². The van der Waals surface area contributed by atoms with Gasteiger partial charge in [0.25, 0.3) is 0 Å². The molecular formula is C17H12BrClN2O2. The molecule has 0 unspecified atom stereocenters. The van der Waals surface area contributed by atoms with Gasteiger partial charge in [0, 0.05) is 9.86 Å². The number of nitrogens with one attached hydrogen (secondary N) is 1. The van der Waals surface area contributed by atoms with Gasteiger partial charge in [-0.25, -0.2) is 9.78 Å². The number of halogens is 2. The van der Waals surface area contributed by atoms with Gasteiger partial charge in [0.15, 0.2) is 0 Å². The predicted octanol–water partition coefficient (Wildman–Crippen LogP) is 5.40. The molecule has 0 fully saturated rings. The van der Waals surface area contributed by atoms with Gasteiger partial charge in [0.05, 0.1) is 10.5 Å². The molecule has 1 N–H and O–H groups in total. The molecule has 23 heavy (non-hydrogen) atoms. The molecule has 1 aromatic heterocycles. The van der Waals surface area contributed by atoms with Crippen molar-refractivity contribution >= 4 is 50.3 Å². The smallest absolute Gasteiger partial charge is 0.413 e. The van der Waals surface area contributed by atoms with Gasteiger partial charge in [0.2, 0.25) is 0 Å². The van der Waals surface area contributed by atoms with Crippen molar-refractivity contribution in [2.45, 2.75) is 6.61 Å². The van der Waals surface area contributed by atoms with Gasteiger partial charge in [-0.2, -0.15) is 0 Å². The van der Waals surface area contributed by atoms with Crippen LogP contribution < -0.4 is 5.32 Å². The molecule has 0 saturated heterocycles. The molecule has 0 aliphatic heterocycles. The van der Waals surface area contributed by atoms with Crippen LogP contribution >= 0.6 is 27.5 Å². The summed E-state index contributed by atoms with van der Waals surface area (Å²) in [7, 11) is 0. The fourth-order valence-corrected chi connectivity index (χ4v) is 2.73. The van der Waals surface area contributed by atoms with Crippen LogP contribution in [0.4, 0.5) is 10.6 Å². The number of hydrogen-bond acceptors (Lipinski definition) is 3. The minimum atomic E-state index is -0.557. The van der Waals surface area contributed by atoms with Crippen molar-refractivity contribution in [3.8, 4) is 0 Å². The van der Waals surface area contributed by atoms with E-state index in [-0.39, 0.29) is 6.61 Å². The lowest BCUT2D eigenvalue weighted by Crippen LogP contribution is -2.14. The number of amides is 1. The Bertz CT molecular complexity index is 856. The fourth-order valence-electron chi connectivity index (χ4n) is 2.08. The van der Waals surface area contributed by atoms with Gasteiger partial charge in [-0.15, -0.1) is 0 Å². The maximum Gasteiger partial charge on any atom is 0.413 e. The van der Waals surface area contributed by atoms with Gasteiger partial charge >= 0.3 is 6.09 Å². The molecule has 2 aromatic carbocycles. The Labute approximate surface area is 146 Å². The van der Waals surface area contributed by atoms with Crippen LogP contribution in [-0.4, -0.2) is 11.1 Å². The van der Waals surface area contributed by atoms with Gasteiger partial charge in [-0.3, -0.25) is 5.32 Å². The van der Waals surface area contributed by atoms with E-state index in [2.05, 4.69) is 26.2 Å². The van der Waals surface area contributed by atoms with E-state index in [0.29, 0.717) is 16.4 Å². The summed E-state index contributed by atoms with van der Waals surface area (Å²) in [6.45, 7) is 0.204. The zero-order valence-corrected chi connectivity index (χ0v) is 14.3. The SMILES string of the molecule is O=C(Nc1ccc2c(Cl)ccc(Br)c2n1)OCc1ccccc1. The Morgan fingerprint density at radius 1 is 1.13 bits per heavy atom. The summed E-state index contributed by atoms with van der Waals surface area (Å²) in [4.78, 5) is 16.2. The fraction of sp³-hybridized carbons (Fsp3) is 0.0588. The maximum atomic E-state index is 11.9. The van der Waals surface area contributed by atoms with Crippen LogP contribution in [0, 0.1) is 0 Å². The Morgan fingerprint density at radius 3 is 2.70 bits per heavy atom. The lowest BCUT2D eigenvalue weighted by Gasteiger charge is -2.08. The normalized spacial score (nSPS) is 10.5. The Balaban J connectivity index is 1.71. The van der Waals surface area contributed by atoms with E-state index in [9.17, 15) is 4.79 Å². The number of hydrogen-bond donors (Lipinski definition) is 1. The molecule has 0 radical (unpaired) electrons. The first kappa shape index (κ1) is 15.8. The number of pyridine rings is 1. The minimum Gasteiger partial charge on any atom is -0.444 e. The third-order valence-electron chi connectivity index (χ3n) is 3.20. The quantitative estimate of drug-likeness (QED) is 0.650. The average Bonchev–Trinajstić information content (AvgIpc) is 2.57. The Hall–Kier alpha value is -2.11. The maximum absolute atomic E-state index is 11.9. The molecule has 116 valence electrons. The average molecular weight is 392 g/mol. The Morgan fingerprint density at radius 2 is 1.91 bits per heavy atom. The first-order valence-electron chi connectivity index (χ1n) is 6.86. The van der Waals surface area contributed by atoms with E-state index < -0.39 is 6.09 Å². The van der Waals surface area contributed by atoms with Crippen LogP contribution in [0.2, 0.25) is 5.02 Å². The molecule has 0 aliphatic carbocycles. The van der Waals surface area contributed by atoms with Crippen LogP contribution in [0.25, 0.3) is 10.9 Å². The number of benzene rings is 2. The molecule has 0 bridgehead atoms. The number of rotatable bonds is 3. The second-order valence-corrected chi connectivity index (χ2v) is 6.07. The predicted molar refractivity (Wildman–Crippen MR) is 94.7 cm³/mol. The molecule has 1 amide bonds. The highest BCUT2D eigenvalue weighted by Crippen LogP contribution is 2.29. The van der Waals surface area contributed by atoms with Crippen molar-refractivity contribution in [1.29, 1.82) is 0 Å². The summed E-state index contributed by atoms with van der Waals surface area (Å²) in [6.07, 6.45) is -0.557. The summed E-state index contributed by atoms with van der Waals surface area (Å²) >= 11 is 9.56. The largest absolute Gasteiger partial charge is 0.444 e. The number of nitrogens with zero attached hydrogens (tertiary/aromatic N) is 1. The molecule has 3 aromatic rings. The highest BCUT2D eigenvalue weighted by Gasteiger charge is 2.09. The zero-order chi connectivity index (χ0) is 16.2. The van der Waals surface area contributed by atoms with Crippen LogP contribution in [0.15, 0.2) is 59.1 Å². The molecule has 0 spiro atoms. The number of ether oxygens (including phenoxy) is 1. The van der Waals surface area contributed by atoms with Gasteiger partial charge in [0.1, 0.15) is 12.4 Å². The van der Waals surface area contributed by atoms with E-state index in [4.69, 9.17) is 16.3 Å². The molecule has 0 saturated carbocycles. The van der Waals surface area contributed by atoms with Crippen molar-refractivity contribution in [1.82, 2.24) is 4.98 Å². The number of fused-ring (bicyclic) bond motifs is 1. The first-order valence-corrected chi connectivity index (χ1v) is 8.03. The highest BCUT2D eigenvalue weighted by molar-refractivity contribution is 9.10. The number of carbonyl (C=O) groups excluding carboxylic acids is 1. The van der Waals surface area contributed by atoms with Gasteiger partial charge < -0.3 is 4.74 Å². The third kappa shape index (κ3) is 3.81. The molecule has 1 heterocycles. The third-order valence-corrected chi connectivity index (χ3v) is 4.17. The van der Waals surface area contributed by atoms with E-state index in [1.54, 1.807) is 12.1 Å². The van der Waals surface area contributed by atoms with Crippen molar-refractivity contribution in [2.75, 3.05) is 5.32 Å². The van der Waals surface area contributed by atoms with E-state index in [1.807, 2.05) is 42.5 Å². The minimum absolute atomic E-state index is 0.204. The lowest BCUT2D eigenvalue weighted by molar-refractivity contribution is 0.155. The van der Waals surface area contributed by atoms with E-state index in [0.717, 1.165) is 15.4 Å². The van der Waals surface area contributed by atoms with Crippen LogP contribution in [-0.2, 0) is 11.3 Å². The van der Waals surface area contributed by atoms with Crippen LogP contribution in [0.3, 0.4) is 0 Å². The summed E-state index contributed by atoms with van der Waals surface area (Å²) in [5, 5.41) is 4.03. The highest BCUT2D eigenvalue weighted by atomic mass is 79.9. The first-order chi connectivity index (χ1) is 11.1. The second kappa shape index (κ2) is 6.98. The summed E-state index contributed by atoms with van der Waals surface area (Å²) in [6, 6.07) is 16.6. The monoisotopic (exact) mass is 390 g/mol. The van der Waals surface area contributed by atoms with Gasteiger partial charge in [-0.05, 0) is 45.8 Å². The topological polar surface area (TPSA) is 51.2 Å². The van der Waals surface area contributed by atoms with Gasteiger partial charge in [-0.1, -0.05) is 41.9 Å². The zero-order valence-electron chi connectivity index (χ0n) is 11.9. The summed E-state index contributed by atoms with van der Waals surface area (Å²) in [5.74, 6) is 0.401. The molecule has 0 aliphatic rings. The molecule has 0 atom stereocenters. The van der Waals surface area contributed by atoms with Crippen molar-refractivity contribution in [3.63, 3.8) is 0 Å². The van der Waals surface area contributed by atoms with Crippen LogP contribution in [0.1, 0.15) is 5.56 Å². The molecule has 6 heteroatoms. The number of aromatic nitrogens is 1. The van der Waals surface area contributed by atoms with Crippen molar-refractivity contribution in [2.24, 2.45) is 0 Å². The Kier molecular flexibility index (Phi) is 4.79. The number of carbonyl (C=O) groups is 1. The van der Waals surface area contributed by atoms with E-state index in [1.165, 1.54) is 0 Å². The standard InChI is InChI=1S/C17H12BrClN2O2/c18-13-7-8-14(19)12-6-9-15(20-16(12)13)21-17(22)23-10-11-4-2-1-3-5-11/h1-9H,10H2,(H,20,21,22). The number of anilines is 1. The van der Waals surface area contributed by atoms with Crippen molar-refractivity contribution in [3.05, 3.63) is 69.7 Å². The second-order valence-electron chi connectivity index (χ2n) is 4.81. The lowest BCUT2D eigenvalue weighted by atomic mass is 10.2. The van der Waals surface area contributed by atoms with E-state index >= 15 is 0 Å². The molecular weight excluding hydrogens is 380 g/mol. The molecule has 4 nitrogen and oxygen atoms in total. The summed E-state index contributed by atoms with van der Waals surface area (Å²) in [5.41, 5.74) is 1.60. The molecule has 3 rings (SSSR count). The van der Waals surface area contributed by atoms with Crippen molar-refractivity contribution < 1.29 is 9.53 Å².